The van der Waals surface area contributed by atoms with E-state index in [0.29, 0.717) is 27.4 Å². The number of carboxylic acids is 1. The van der Waals surface area contributed by atoms with Gasteiger partial charge in [0.15, 0.2) is 0 Å². The fourth-order valence-electron chi connectivity index (χ4n) is 3.08. The van der Waals surface area contributed by atoms with Gasteiger partial charge in [-0.1, -0.05) is 70.3 Å². The van der Waals surface area contributed by atoms with Crippen LogP contribution in [0.1, 0.15) is 37.6 Å². The largest absolute Gasteiger partial charge is 0.480 e. The molecule has 0 saturated heterocycles. The van der Waals surface area contributed by atoms with Crippen molar-refractivity contribution in [2.75, 3.05) is 0 Å². The number of pyridine rings is 1. The zero-order valence-corrected chi connectivity index (χ0v) is 19.6. The zero-order chi connectivity index (χ0) is 22.8. The van der Waals surface area contributed by atoms with E-state index in [-0.39, 0.29) is 11.5 Å². The summed E-state index contributed by atoms with van der Waals surface area (Å²) in [5, 5.41) is 13.9. The Balaban J connectivity index is 1.95. The summed E-state index contributed by atoms with van der Waals surface area (Å²) in [5.41, 5.74) is 5.14. The molecule has 0 aliphatic rings. The molecule has 0 unspecified atom stereocenters. The highest BCUT2D eigenvalue weighted by molar-refractivity contribution is 6.87. The average molecular weight is 433 g/mol. The molecule has 1 atom stereocenters. The van der Waals surface area contributed by atoms with Gasteiger partial charge in [0.25, 0.3) is 5.91 Å². The van der Waals surface area contributed by atoms with Crippen LogP contribution in [0.15, 0.2) is 48.5 Å². The van der Waals surface area contributed by atoms with E-state index in [1.807, 2.05) is 48.5 Å². The number of amides is 1. The van der Waals surface area contributed by atoms with Crippen molar-refractivity contribution in [3.8, 4) is 11.5 Å². The lowest BCUT2D eigenvalue weighted by atomic mass is 10.0. The molecule has 2 aromatic carbocycles. The molecule has 3 rings (SSSR count). The van der Waals surface area contributed by atoms with Crippen LogP contribution in [0.5, 0.6) is 0 Å². The second-order valence-corrected chi connectivity index (χ2v) is 14.3. The van der Waals surface area contributed by atoms with E-state index in [1.54, 1.807) is 0 Å². The fraction of sp³-hybridized carbons (Fsp3) is 0.320. The third-order valence-electron chi connectivity index (χ3n) is 6.00. The highest BCUT2D eigenvalue weighted by atomic mass is 28.3. The van der Waals surface area contributed by atoms with Gasteiger partial charge in [0.05, 0.1) is 16.6 Å². The minimum Gasteiger partial charge on any atom is -0.480 e. The molecule has 1 aromatic heterocycles. The first-order chi connectivity index (χ1) is 14.5. The van der Waals surface area contributed by atoms with Crippen molar-refractivity contribution in [1.29, 1.82) is 0 Å². The summed E-state index contributed by atoms with van der Waals surface area (Å²) in [5.74, 6) is 1.52. The summed E-state index contributed by atoms with van der Waals surface area (Å²) < 4.78 is 0. The quantitative estimate of drug-likeness (QED) is 0.345. The van der Waals surface area contributed by atoms with Crippen molar-refractivity contribution in [2.24, 2.45) is 0 Å². The molecular weight excluding hydrogens is 404 g/mol. The van der Waals surface area contributed by atoms with Crippen molar-refractivity contribution < 1.29 is 14.7 Å². The third kappa shape index (κ3) is 4.78. The fourth-order valence-corrected chi connectivity index (χ4v) is 4.00. The maximum absolute atomic E-state index is 13.3. The van der Waals surface area contributed by atoms with Crippen LogP contribution in [0.25, 0.3) is 21.8 Å². The van der Waals surface area contributed by atoms with Gasteiger partial charge in [0.2, 0.25) is 0 Å². The highest BCUT2D eigenvalue weighted by Gasteiger charge is 2.33. The summed E-state index contributed by atoms with van der Waals surface area (Å²) in [7, 11) is -1.86. The van der Waals surface area contributed by atoms with E-state index in [1.165, 1.54) is 0 Å². The van der Waals surface area contributed by atoms with Crippen LogP contribution in [0, 0.1) is 11.5 Å². The number of carboxylic acid groups (broad SMARTS) is 1. The first-order valence-electron chi connectivity index (χ1n) is 10.3. The molecule has 6 heteroatoms. The van der Waals surface area contributed by atoms with Gasteiger partial charge in [-0.15, -0.1) is 11.5 Å². The van der Waals surface area contributed by atoms with Gasteiger partial charge in [-0.3, -0.25) is 4.79 Å². The van der Waals surface area contributed by atoms with Crippen LogP contribution in [-0.2, 0) is 4.79 Å². The molecular formula is C25H28N2O3Si. The number of hydrogen-bond donors (Lipinski definition) is 2. The van der Waals surface area contributed by atoms with Gasteiger partial charge in [-0.2, -0.15) is 0 Å². The SMILES string of the molecule is CC(C)(C)[Si](C)(C)C#CC[C@H](NC(=O)c1c2ccccc2nc2ccccc12)C(=O)O. The first-order valence-corrected chi connectivity index (χ1v) is 13.3. The number of fused-ring (bicyclic) bond motifs is 2. The van der Waals surface area contributed by atoms with Gasteiger partial charge in [0, 0.05) is 17.2 Å². The maximum atomic E-state index is 13.3. The van der Waals surface area contributed by atoms with Gasteiger partial charge >= 0.3 is 5.97 Å². The van der Waals surface area contributed by atoms with Crippen molar-refractivity contribution in [1.82, 2.24) is 10.3 Å². The molecule has 1 amide bonds. The van der Waals surface area contributed by atoms with Crippen molar-refractivity contribution in [3.63, 3.8) is 0 Å². The molecule has 0 radical (unpaired) electrons. The van der Waals surface area contributed by atoms with Crippen LogP contribution < -0.4 is 5.32 Å². The molecule has 160 valence electrons. The molecule has 1 heterocycles. The number of nitrogens with zero attached hydrogens (tertiary/aromatic N) is 1. The number of carbonyl (C=O) groups excluding carboxylic acids is 1. The van der Waals surface area contributed by atoms with E-state index in [2.05, 4.69) is 55.6 Å². The van der Waals surface area contributed by atoms with Crippen LogP contribution in [0.2, 0.25) is 18.1 Å². The topological polar surface area (TPSA) is 79.3 Å². The van der Waals surface area contributed by atoms with E-state index in [9.17, 15) is 14.7 Å². The van der Waals surface area contributed by atoms with Crippen LogP contribution in [-0.4, -0.2) is 36.1 Å². The van der Waals surface area contributed by atoms with E-state index < -0.39 is 26.0 Å². The van der Waals surface area contributed by atoms with Crippen LogP contribution in [0.3, 0.4) is 0 Å². The first kappa shape index (κ1) is 22.5. The third-order valence-corrected chi connectivity index (χ3v) is 10.6. The van der Waals surface area contributed by atoms with E-state index in [4.69, 9.17) is 0 Å². The number of carbonyl (C=O) groups is 2. The zero-order valence-electron chi connectivity index (χ0n) is 18.6. The maximum Gasteiger partial charge on any atom is 0.327 e. The summed E-state index contributed by atoms with van der Waals surface area (Å²) >= 11 is 0. The number of aliphatic carboxylic acids is 1. The number of para-hydroxylation sites is 2. The van der Waals surface area contributed by atoms with E-state index in [0.717, 1.165) is 0 Å². The molecule has 0 fully saturated rings. The molecule has 5 nitrogen and oxygen atoms in total. The van der Waals surface area contributed by atoms with Crippen molar-refractivity contribution in [2.45, 2.75) is 51.4 Å². The molecule has 0 bridgehead atoms. The molecule has 2 N–H and O–H groups in total. The summed E-state index contributed by atoms with van der Waals surface area (Å²) in [6.45, 7) is 10.8. The summed E-state index contributed by atoms with van der Waals surface area (Å²) in [4.78, 5) is 29.7. The van der Waals surface area contributed by atoms with Gasteiger partial charge in [-0.25, -0.2) is 9.78 Å². The van der Waals surface area contributed by atoms with E-state index >= 15 is 0 Å². The summed E-state index contributed by atoms with van der Waals surface area (Å²) in [6, 6.07) is 13.7. The van der Waals surface area contributed by atoms with Crippen LogP contribution >= 0.6 is 0 Å². The predicted octanol–water partition coefficient (Wildman–Crippen LogP) is 5.01. The number of benzene rings is 2. The lowest BCUT2D eigenvalue weighted by molar-refractivity contribution is -0.139. The van der Waals surface area contributed by atoms with Gasteiger partial charge in [-0.05, 0) is 17.2 Å². The van der Waals surface area contributed by atoms with Gasteiger partial charge in [0.1, 0.15) is 14.1 Å². The Labute approximate surface area is 183 Å². The second-order valence-electron chi connectivity index (χ2n) is 9.27. The Morgan fingerprint density at radius 3 is 2.03 bits per heavy atom. The molecule has 0 saturated carbocycles. The molecule has 0 aliphatic heterocycles. The standard InChI is InChI=1S/C25H28N2O3Si/c1-25(2,3)31(4,5)16-10-15-21(24(29)30)27-23(28)22-17-11-6-8-13-19(17)26-20-14-9-7-12-18(20)22/h6-9,11-14,21H,15H2,1-5H3,(H,27,28)(H,29,30)/t21-/m0/s1. The lowest BCUT2D eigenvalue weighted by Crippen LogP contribution is -2.41. The smallest absolute Gasteiger partial charge is 0.327 e. The Bertz CT molecular complexity index is 1160. The second kappa shape index (κ2) is 8.52. The highest BCUT2D eigenvalue weighted by Crippen LogP contribution is 2.35. The number of rotatable bonds is 4. The summed E-state index contributed by atoms with van der Waals surface area (Å²) in [6.07, 6.45) is 0.0640. The normalized spacial score (nSPS) is 12.8. The number of hydrogen-bond acceptors (Lipinski definition) is 3. The lowest BCUT2D eigenvalue weighted by Gasteiger charge is -2.31. The van der Waals surface area contributed by atoms with Crippen molar-refractivity contribution in [3.05, 3.63) is 54.1 Å². The molecule has 0 spiro atoms. The number of aromatic nitrogens is 1. The molecule has 31 heavy (non-hydrogen) atoms. The minimum atomic E-state index is -1.86. The predicted molar refractivity (Wildman–Crippen MR) is 128 cm³/mol. The molecule has 0 aliphatic carbocycles. The Morgan fingerprint density at radius 1 is 1.03 bits per heavy atom. The average Bonchev–Trinajstić information content (AvgIpc) is 2.70. The van der Waals surface area contributed by atoms with Crippen molar-refractivity contribution >= 4 is 41.8 Å². The monoisotopic (exact) mass is 432 g/mol. The minimum absolute atomic E-state index is 0.0640. The Hall–Kier alpha value is -3.17. The molecule has 3 aromatic rings. The number of nitrogens with one attached hydrogen (secondary N) is 1. The Morgan fingerprint density at radius 2 is 1.55 bits per heavy atom. The van der Waals surface area contributed by atoms with Crippen LogP contribution in [0.4, 0.5) is 0 Å². The Kier molecular flexibility index (Phi) is 6.19. The van der Waals surface area contributed by atoms with Gasteiger partial charge < -0.3 is 10.4 Å².